The van der Waals surface area contributed by atoms with Gasteiger partial charge in [-0.05, 0) is 91.7 Å². The molecule has 1 aliphatic heterocycles. The van der Waals surface area contributed by atoms with E-state index in [0.29, 0.717) is 10.1 Å². The molecule has 4 rings (SSSR count). The van der Waals surface area contributed by atoms with Gasteiger partial charge < -0.3 is 15.0 Å². The lowest BCUT2D eigenvalue weighted by molar-refractivity contribution is -0.115. The summed E-state index contributed by atoms with van der Waals surface area (Å²) in [4.78, 5) is 17.6. The normalized spacial score (nSPS) is 16.4. The summed E-state index contributed by atoms with van der Waals surface area (Å²) in [5.41, 5.74) is 6.10. The molecule has 0 spiro atoms. The number of aromatic hydroxyl groups is 1. The van der Waals surface area contributed by atoms with Crippen LogP contribution in [0.5, 0.6) is 5.75 Å². The number of hydrogen-bond donors (Lipinski definition) is 2. The van der Waals surface area contributed by atoms with Gasteiger partial charge >= 0.3 is 0 Å². The SMILES string of the molecule is CCc1ccc(N=C2NC(=O)/C(=C/c3cc(C)n(-c4ccc(O)cc4)c3C)S2)cc1. The number of phenols is 1. The van der Waals surface area contributed by atoms with Gasteiger partial charge in [0.05, 0.1) is 10.6 Å². The van der Waals surface area contributed by atoms with Gasteiger partial charge in [-0.25, -0.2) is 4.99 Å². The Morgan fingerprint density at radius 3 is 2.47 bits per heavy atom. The van der Waals surface area contributed by atoms with Crippen LogP contribution in [0.4, 0.5) is 5.69 Å². The molecule has 5 nitrogen and oxygen atoms in total. The summed E-state index contributed by atoms with van der Waals surface area (Å²) < 4.78 is 2.10. The largest absolute Gasteiger partial charge is 0.508 e. The molecule has 30 heavy (non-hydrogen) atoms. The number of amides is 1. The van der Waals surface area contributed by atoms with Gasteiger partial charge in [-0.3, -0.25) is 4.79 Å². The van der Waals surface area contributed by atoms with Crippen molar-refractivity contribution < 1.29 is 9.90 Å². The minimum atomic E-state index is -0.140. The van der Waals surface area contributed by atoms with Crippen molar-refractivity contribution in [2.24, 2.45) is 4.99 Å². The highest BCUT2D eigenvalue weighted by atomic mass is 32.2. The van der Waals surface area contributed by atoms with Gasteiger partial charge in [0.25, 0.3) is 5.91 Å². The second-order valence-electron chi connectivity index (χ2n) is 7.18. The van der Waals surface area contributed by atoms with Crippen LogP contribution < -0.4 is 5.32 Å². The third-order valence-electron chi connectivity index (χ3n) is 5.09. The van der Waals surface area contributed by atoms with Crippen molar-refractivity contribution in [3.05, 3.63) is 82.0 Å². The molecule has 1 aromatic heterocycles. The highest BCUT2D eigenvalue weighted by Gasteiger charge is 2.24. The second-order valence-corrected chi connectivity index (χ2v) is 8.21. The summed E-state index contributed by atoms with van der Waals surface area (Å²) >= 11 is 1.35. The minimum Gasteiger partial charge on any atom is -0.508 e. The summed E-state index contributed by atoms with van der Waals surface area (Å²) in [7, 11) is 0. The maximum Gasteiger partial charge on any atom is 0.264 e. The predicted octanol–water partition coefficient (Wildman–Crippen LogP) is 5.25. The van der Waals surface area contributed by atoms with E-state index < -0.39 is 0 Å². The average Bonchev–Trinajstić information content (AvgIpc) is 3.21. The maximum absolute atomic E-state index is 12.5. The number of aliphatic imine (C=N–C) groups is 1. The number of carbonyl (C=O) groups excluding carboxylic acids is 1. The van der Waals surface area contributed by atoms with E-state index in [1.165, 1.54) is 17.3 Å². The molecular weight excluding hydrogens is 394 g/mol. The molecule has 3 aromatic rings. The zero-order chi connectivity index (χ0) is 21.3. The predicted molar refractivity (Wildman–Crippen MR) is 124 cm³/mol. The Morgan fingerprint density at radius 1 is 1.10 bits per heavy atom. The molecule has 0 saturated carbocycles. The van der Waals surface area contributed by atoms with E-state index in [4.69, 9.17) is 0 Å². The van der Waals surface area contributed by atoms with Crippen molar-refractivity contribution in [3.63, 3.8) is 0 Å². The Hall–Kier alpha value is -3.25. The zero-order valence-electron chi connectivity index (χ0n) is 17.1. The van der Waals surface area contributed by atoms with Crippen molar-refractivity contribution in [2.45, 2.75) is 27.2 Å². The average molecular weight is 418 g/mol. The lowest BCUT2D eigenvalue weighted by atomic mass is 10.2. The van der Waals surface area contributed by atoms with Crippen LogP contribution in [0.25, 0.3) is 11.8 Å². The molecule has 1 amide bonds. The number of nitrogens with one attached hydrogen (secondary N) is 1. The molecule has 2 aromatic carbocycles. The van der Waals surface area contributed by atoms with Gasteiger partial charge in [0.2, 0.25) is 0 Å². The molecule has 0 unspecified atom stereocenters. The second kappa shape index (κ2) is 8.24. The van der Waals surface area contributed by atoms with Gasteiger partial charge in [-0.2, -0.15) is 0 Å². The number of amidine groups is 1. The molecule has 0 bridgehead atoms. The molecule has 0 aliphatic carbocycles. The summed E-state index contributed by atoms with van der Waals surface area (Å²) in [5.74, 6) is 0.0945. The molecule has 2 N–H and O–H groups in total. The third-order valence-corrected chi connectivity index (χ3v) is 6.00. The van der Waals surface area contributed by atoms with Crippen molar-refractivity contribution >= 4 is 34.6 Å². The Kier molecular flexibility index (Phi) is 5.50. The molecule has 1 aliphatic rings. The summed E-state index contributed by atoms with van der Waals surface area (Å²) in [6, 6.07) is 17.2. The van der Waals surface area contributed by atoms with Crippen LogP contribution in [0.1, 0.15) is 29.4 Å². The first-order chi connectivity index (χ1) is 14.4. The molecule has 0 radical (unpaired) electrons. The van der Waals surface area contributed by atoms with Crippen LogP contribution in [-0.4, -0.2) is 20.7 Å². The third kappa shape index (κ3) is 4.04. The summed E-state index contributed by atoms with van der Waals surface area (Å²) in [6.45, 7) is 6.16. The highest BCUT2D eigenvalue weighted by molar-refractivity contribution is 8.18. The van der Waals surface area contributed by atoms with E-state index in [0.717, 1.165) is 34.7 Å². The molecule has 1 fully saturated rings. The first-order valence-electron chi connectivity index (χ1n) is 9.81. The van der Waals surface area contributed by atoms with Gasteiger partial charge in [-0.15, -0.1) is 0 Å². The molecule has 6 heteroatoms. The molecule has 152 valence electrons. The van der Waals surface area contributed by atoms with Crippen molar-refractivity contribution in [3.8, 4) is 11.4 Å². The van der Waals surface area contributed by atoms with E-state index >= 15 is 0 Å². The molecular formula is C24H23N3O2S. The smallest absolute Gasteiger partial charge is 0.264 e. The number of hydrogen-bond acceptors (Lipinski definition) is 4. The first-order valence-corrected chi connectivity index (χ1v) is 10.6. The van der Waals surface area contributed by atoms with Gasteiger partial charge in [0.15, 0.2) is 5.17 Å². The first kappa shape index (κ1) is 20.0. The van der Waals surface area contributed by atoms with E-state index in [1.54, 1.807) is 12.1 Å². The standard InChI is InChI=1S/C24H23N3O2S/c1-4-17-5-7-19(8-6-17)25-24-26-23(29)22(30-24)14-18-13-15(2)27(16(18)3)20-9-11-21(28)12-10-20/h5-14,28H,4H2,1-3H3,(H,25,26,29)/b22-14-. The monoisotopic (exact) mass is 417 g/mol. The highest BCUT2D eigenvalue weighted by Crippen LogP contribution is 2.30. The molecule has 0 atom stereocenters. The van der Waals surface area contributed by atoms with Gasteiger partial charge in [-0.1, -0.05) is 19.1 Å². The number of carbonyl (C=O) groups is 1. The maximum atomic E-state index is 12.5. The van der Waals surface area contributed by atoms with Crippen LogP contribution >= 0.6 is 11.8 Å². The number of rotatable bonds is 4. The number of nitrogens with zero attached hydrogens (tertiary/aromatic N) is 2. The number of phenolic OH excluding ortho intramolecular Hbond substituents is 1. The van der Waals surface area contributed by atoms with E-state index in [9.17, 15) is 9.90 Å². The van der Waals surface area contributed by atoms with Crippen LogP contribution in [0.15, 0.2) is 64.5 Å². The van der Waals surface area contributed by atoms with Crippen LogP contribution in [0, 0.1) is 13.8 Å². The summed E-state index contributed by atoms with van der Waals surface area (Å²) in [5, 5.41) is 13.0. The van der Waals surface area contributed by atoms with E-state index in [-0.39, 0.29) is 11.7 Å². The Labute approximate surface area is 180 Å². The van der Waals surface area contributed by atoms with Crippen LogP contribution in [0.3, 0.4) is 0 Å². The van der Waals surface area contributed by atoms with Crippen LogP contribution in [0.2, 0.25) is 0 Å². The topological polar surface area (TPSA) is 66.6 Å². The fourth-order valence-corrected chi connectivity index (χ4v) is 4.31. The number of thioether (sulfide) groups is 1. The van der Waals surface area contributed by atoms with Gasteiger partial charge in [0, 0.05) is 17.1 Å². The number of aryl methyl sites for hydroxylation is 2. The Bertz CT molecular complexity index is 1160. The van der Waals surface area contributed by atoms with Crippen LogP contribution in [-0.2, 0) is 11.2 Å². The lowest BCUT2D eigenvalue weighted by Gasteiger charge is -2.09. The Balaban J connectivity index is 1.60. The number of aromatic nitrogens is 1. The van der Waals surface area contributed by atoms with Crippen molar-refractivity contribution in [2.75, 3.05) is 0 Å². The molecule has 1 saturated heterocycles. The van der Waals surface area contributed by atoms with E-state index in [2.05, 4.69) is 40.0 Å². The van der Waals surface area contributed by atoms with E-state index in [1.807, 2.05) is 44.2 Å². The quantitative estimate of drug-likeness (QED) is 0.570. The Morgan fingerprint density at radius 2 is 1.80 bits per heavy atom. The lowest BCUT2D eigenvalue weighted by Crippen LogP contribution is -2.19. The zero-order valence-corrected chi connectivity index (χ0v) is 18.0. The number of benzene rings is 2. The van der Waals surface area contributed by atoms with Gasteiger partial charge in [0.1, 0.15) is 5.75 Å². The minimum absolute atomic E-state index is 0.140. The summed E-state index contributed by atoms with van der Waals surface area (Å²) in [6.07, 6.45) is 2.89. The van der Waals surface area contributed by atoms with Crippen molar-refractivity contribution in [1.82, 2.24) is 9.88 Å². The van der Waals surface area contributed by atoms with Crippen molar-refractivity contribution in [1.29, 1.82) is 0 Å². The fourth-order valence-electron chi connectivity index (χ4n) is 3.48. The molecule has 2 heterocycles. The fraction of sp³-hybridized carbons (Fsp3) is 0.167.